The third-order valence-corrected chi connectivity index (χ3v) is 9.89. The average molecular weight is 631 g/mol. The first-order valence-corrected chi connectivity index (χ1v) is 15.6. The molecule has 2 aliphatic carbocycles. The summed E-state index contributed by atoms with van der Waals surface area (Å²) in [6.45, 7) is 2.00. The van der Waals surface area contributed by atoms with Crippen molar-refractivity contribution < 1.29 is 44.0 Å². The minimum absolute atomic E-state index is 0.0261. The topological polar surface area (TPSA) is 218 Å². The van der Waals surface area contributed by atoms with Crippen molar-refractivity contribution in [2.45, 2.75) is 81.3 Å². The van der Waals surface area contributed by atoms with Crippen molar-refractivity contribution in [3.8, 4) is 0 Å². The molecule has 0 fully saturated rings. The molecule has 4 rings (SSSR count). The molecule has 1 aromatic rings. The van der Waals surface area contributed by atoms with Gasteiger partial charge in [-0.15, -0.1) is 11.8 Å². The molecule has 2 heterocycles. The predicted octanol–water partition coefficient (Wildman–Crippen LogP) is 1.26. The Morgan fingerprint density at radius 1 is 1.18 bits per heavy atom. The Morgan fingerprint density at radius 2 is 1.91 bits per heavy atom. The van der Waals surface area contributed by atoms with Gasteiger partial charge in [0.15, 0.2) is 0 Å². The summed E-state index contributed by atoms with van der Waals surface area (Å²) in [6, 6.07) is 1.36. The van der Waals surface area contributed by atoms with Crippen molar-refractivity contribution >= 4 is 41.5 Å². The van der Waals surface area contributed by atoms with Gasteiger partial charge in [-0.05, 0) is 67.7 Å². The van der Waals surface area contributed by atoms with Crippen LogP contribution in [0.2, 0.25) is 0 Å². The normalized spacial score (nSPS) is 24.3. The van der Waals surface area contributed by atoms with Crippen LogP contribution in [-0.4, -0.2) is 78.8 Å². The first-order chi connectivity index (χ1) is 20.9. The first kappa shape index (κ1) is 33.1. The van der Waals surface area contributed by atoms with Gasteiger partial charge in [-0.1, -0.05) is 25.0 Å². The van der Waals surface area contributed by atoms with Crippen LogP contribution in [0.25, 0.3) is 0 Å². The number of rotatable bonds is 15. The van der Waals surface area contributed by atoms with E-state index in [4.69, 9.17) is 20.7 Å². The zero-order valence-electron chi connectivity index (χ0n) is 24.4. The number of aliphatic carboxylic acids is 2. The van der Waals surface area contributed by atoms with Gasteiger partial charge in [-0.25, -0.2) is 4.79 Å². The van der Waals surface area contributed by atoms with Crippen molar-refractivity contribution in [2.24, 2.45) is 17.6 Å². The second kappa shape index (κ2) is 14.4. The lowest BCUT2D eigenvalue weighted by atomic mass is 9.69. The summed E-state index contributed by atoms with van der Waals surface area (Å²) in [4.78, 5) is 65.1. The summed E-state index contributed by atoms with van der Waals surface area (Å²) in [6.07, 6.45) is 7.18. The number of hydrogen-bond donors (Lipinski definition) is 6. The van der Waals surface area contributed by atoms with Crippen molar-refractivity contribution in [1.29, 1.82) is 0 Å². The Morgan fingerprint density at radius 3 is 2.57 bits per heavy atom. The highest BCUT2D eigenvalue weighted by molar-refractivity contribution is 8.00. The number of nitrogens with two attached hydrogens (primary N) is 1. The fraction of sp³-hybridized carbons (Fsp3) is 0.533. The van der Waals surface area contributed by atoms with Crippen LogP contribution in [0.4, 0.5) is 0 Å². The van der Waals surface area contributed by atoms with Gasteiger partial charge in [-0.3, -0.25) is 24.2 Å². The van der Waals surface area contributed by atoms with Crippen LogP contribution < -0.4 is 16.4 Å². The smallest absolute Gasteiger partial charge is 0.353 e. The van der Waals surface area contributed by atoms with E-state index in [1.165, 1.54) is 17.3 Å². The summed E-state index contributed by atoms with van der Waals surface area (Å²) < 4.78 is 5.33. The van der Waals surface area contributed by atoms with Crippen molar-refractivity contribution in [3.63, 3.8) is 0 Å². The molecule has 1 aromatic heterocycles. The molecule has 238 valence electrons. The fourth-order valence-electron chi connectivity index (χ4n) is 6.10. The third-order valence-electron chi connectivity index (χ3n) is 8.24. The Balaban J connectivity index is 1.56. The van der Waals surface area contributed by atoms with E-state index in [-0.39, 0.29) is 30.5 Å². The highest BCUT2D eigenvalue weighted by Gasteiger charge is 2.52. The van der Waals surface area contributed by atoms with E-state index < -0.39 is 52.7 Å². The predicted molar refractivity (Wildman–Crippen MR) is 159 cm³/mol. The number of ether oxygens (including phenoxy) is 1. The second-order valence-electron chi connectivity index (χ2n) is 11.4. The van der Waals surface area contributed by atoms with Crippen LogP contribution in [0, 0.1) is 11.8 Å². The number of hydrogen-bond acceptors (Lipinski definition) is 10. The maximum absolute atomic E-state index is 13.2. The quantitative estimate of drug-likeness (QED) is 0.0917. The van der Waals surface area contributed by atoms with Crippen molar-refractivity contribution in [1.82, 2.24) is 15.6 Å². The van der Waals surface area contributed by atoms with Gasteiger partial charge in [0.1, 0.15) is 23.8 Å². The maximum Gasteiger partial charge on any atom is 0.353 e. The van der Waals surface area contributed by atoms with E-state index in [1.54, 1.807) is 12.4 Å². The summed E-state index contributed by atoms with van der Waals surface area (Å²) in [5, 5.41) is 32.3. The minimum Gasteiger partial charge on any atom is -0.480 e. The summed E-state index contributed by atoms with van der Waals surface area (Å²) in [5.41, 5.74) is 8.74. The van der Waals surface area contributed by atoms with E-state index in [0.717, 1.165) is 36.8 Å². The Kier molecular flexibility index (Phi) is 10.8. The number of pyridine rings is 1. The van der Waals surface area contributed by atoms with Crippen molar-refractivity contribution in [2.75, 3.05) is 5.75 Å². The lowest BCUT2D eigenvalue weighted by Crippen LogP contribution is -2.53. The number of allylic oxidation sites excluding steroid dienone is 1. The van der Waals surface area contributed by atoms with E-state index in [9.17, 15) is 29.1 Å². The van der Waals surface area contributed by atoms with Gasteiger partial charge in [0.2, 0.25) is 18.0 Å². The van der Waals surface area contributed by atoms with Crippen LogP contribution in [0.1, 0.15) is 57.4 Å². The van der Waals surface area contributed by atoms with E-state index >= 15 is 0 Å². The number of nitrogens with zero attached hydrogens (tertiary/aromatic N) is 1. The lowest BCUT2D eigenvalue weighted by Gasteiger charge is -2.42. The molecule has 13 nitrogen and oxygen atoms in total. The standard InChI is InChI=1S/C30H38N4O9S/c1-2-8-30(44-15-21(25(36)34-26(37)28(40)41)33-22(35)4-3-20(31)27(38)39)9-5-18-13-17(12-16-6-10-32-11-7-16)14-19-23(18)24(30)43-29(19)42/h6-7,10-11,14,18-21,26,37H,2-5,8-9,12-13,15,31H2,1H3,(H,33,35)(H,34,36)(H,38,39)(H,40,41). The van der Waals surface area contributed by atoms with Crippen LogP contribution in [0.15, 0.2) is 47.5 Å². The number of aliphatic hydroxyl groups excluding tert-OH is 1. The number of carbonyl (C=O) groups excluding carboxylic acids is 3. The van der Waals surface area contributed by atoms with E-state index in [1.807, 2.05) is 30.4 Å². The molecule has 44 heavy (non-hydrogen) atoms. The highest BCUT2D eigenvalue weighted by Crippen LogP contribution is 2.56. The molecule has 6 atom stereocenters. The van der Waals surface area contributed by atoms with Gasteiger partial charge in [0, 0.05) is 24.6 Å². The SMILES string of the molecule is CCCC1(SCC(NC(=O)CCC(N)C(=O)O)C(=O)NC(O)C(=O)O)CCC2CC(Cc3ccncc3)=CC3C(=O)OC1=C23. The number of aromatic nitrogens is 1. The van der Waals surface area contributed by atoms with Crippen molar-refractivity contribution in [3.05, 3.63) is 53.1 Å². The van der Waals surface area contributed by atoms with Gasteiger partial charge < -0.3 is 36.4 Å². The first-order valence-electron chi connectivity index (χ1n) is 14.6. The number of aliphatic hydroxyl groups is 1. The third kappa shape index (κ3) is 7.66. The monoisotopic (exact) mass is 630 g/mol. The van der Waals surface area contributed by atoms with Crippen LogP contribution in [-0.2, 0) is 35.1 Å². The molecule has 14 heteroatoms. The molecule has 3 aliphatic rings. The molecule has 2 amide bonds. The zero-order chi connectivity index (χ0) is 32.0. The molecule has 6 unspecified atom stereocenters. The molecule has 0 saturated carbocycles. The molecule has 7 N–H and O–H groups in total. The molecular formula is C30H38N4O9S. The molecule has 0 spiro atoms. The largest absolute Gasteiger partial charge is 0.480 e. The summed E-state index contributed by atoms with van der Waals surface area (Å²) in [7, 11) is 0. The Hall–Kier alpha value is -3.75. The number of carboxylic acids is 2. The highest BCUT2D eigenvalue weighted by atomic mass is 32.2. The lowest BCUT2D eigenvalue weighted by molar-refractivity contribution is -0.151. The van der Waals surface area contributed by atoms with Gasteiger partial charge in [0.05, 0.1) is 4.75 Å². The number of nitrogens with one attached hydrogen (secondary N) is 2. The minimum atomic E-state index is -2.19. The van der Waals surface area contributed by atoms with Crippen LogP contribution in [0.5, 0.6) is 0 Å². The molecule has 0 saturated heterocycles. The number of esters is 1. The average Bonchev–Trinajstić information content (AvgIpc) is 3.33. The van der Waals surface area contributed by atoms with E-state index in [2.05, 4.69) is 10.3 Å². The number of carbonyl (C=O) groups is 5. The molecule has 0 aromatic carbocycles. The van der Waals surface area contributed by atoms with Crippen LogP contribution in [0.3, 0.4) is 0 Å². The zero-order valence-corrected chi connectivity index (χ0v) is 25.2. The molecular weight excluding hydrogens is 592 g/mol. The summed E-state index contributed by atoms with van der Waals surface area (Å²) in [5.74, 6) is -4.63. The molecule has 0 bridgehead atoms. The number of thioether (sulfide) groups is 1. The van der Waals surface area contributed by atoms with E-state index in [0.29, 0.717) is 18.6 Å². The number of carboxylic acid groups (broad SMARTS) is 2. The molecule has 1 aliphatic heterocycles. The van der Waals surface area contributed by atoms with Crippen LogP contribution >= 0.6 is 11.8 Å². The Bertz CT molecular complexity index is 1350. The molecule has 0 radical (unpaired) electrons. The fourth-order valence-corrected chi connectivity index (χ4v) is 7.72. The second-order valence-corrected chi connectivity index (χ2v) is 12.8. The van der Waals surface area contributed by atoms with Gasteiger partial charge in [-0.2, -0.15) is 0 Å². The van der Waals surface area contributed by atoms with Gasteiger partial charge >= 0.3 is 17.9 Å². The maximum atomic E-state index is 13.2. The number of amides is 2. The Labute approximate surface area is 258 Å². The van der Waals surface area contributed by atoms with Gasteiger partial charge in [0.25, 0.3) is 0 Å². The summed E-state index contributed by atoms with van der Waals surface area (Å²) >= 11 is 1.35.